The van der Waals surface area contributed by atoms with E-state index in [4.69, 9.17) is 4.74 Å². The first-order valence-electron chi connectivity index (χ1n) is 6.45. The number of ether oxygens (including phenoxy) is 1. The molecule has 19 heavy (non-hydrogen) atoms. The highest BCUT2D eigenvalue weighted by Gasteiger charge is 2.02. The number of halogens is 1. The van der Waals surface area contributed by atoms with Crippen molar-refractivity contribution in [3.05, 3.63) is 65.5 Å². The van der Waals surface area contributed by atoms with Crippen molar-refractivity contribution in [2.24, 2.45) is 0 Å². The quantitative estimate of drug-likeness (QED) is 0.857. The van der Waals surface area contributed by atoms with Crippen LogP contribution in [0.2, 0.25) is 0 Å². The topological polar surface area (TPSA) is 21.3 Å². The van der Waals surface area contributed by atoms with Crippen LogP contribution in [0.25, 0.3) is 0 Å². The Labute approximate surface area is 113 Å². The molecule has 0 aromatic heterocycles. The Kier molecular flexibility index (Phi) is 4.93. The first-order chi connectivity index (χ1) is 9.28. The lowest BCUT2D eigenvalue weighted by Gasteiger charge is -2.09. The lowest BCUT2D eigenvalue weighted by molar-refractivity contribution is 0.304. The zero-order chi connectivity index (χ0) is 13.5. The second-order valence-electron chi connectivity index (χ2n) is 4.35. The van der Waals surface area contributed by atoms with Crippen LogP contribution in [-0.4, -0.2) is 6.54 Å². The van der Waals surface area contributed by atoms with Crippen LogP contribution in [0.4, 0.5) is 4.39 Å². The highest BCUT2D eigenvalue weighted by molar-refractivity contribution is 5.30. The summed E-state index contributed by atoms with van der Waals surface area (Å²) >= 11 is 0. The van der Waals surface area contributed by atoms with Gasteiger partial charge in [0.1, 0.15) is 18.2 Å². The fourth-order valence-electron chi connectivity index (χ4n) is 1.82. The van der Waals surface area contributed by atoms with Gasteiger partial charge in [-0.3, -0.25) is 0 Å². The van der Waals surface area contributed by atoms with Gasteiger partial charge in [-0.1, -0.05) is 37.3 Å². The van der Waals surface area contributed by atoms with Gasteiger partial charge in [0.05, 0.1) is 0 Å². The van der Waals surface area contributed by atoms with Crippen LogP contribution < -0.4 is 10.1 Å². The Morgan fingerprint density at radius 2 is 1.84 bits per heavy atom. The Morgan fingerprint density at radius 3 is 2.58 bits per heavy atom. The summed E-state index contributed by atoms with van der Waals surface area (Å²) in [6.45, 7) is 3.98. The minimum atomic E-state index is -0.265. The summed E-state index contributed by atoms with van der Waals surface area (Å²) < 4.78 is 19.1. The van der Waals surface area contributed by atoms with Crippen LogP contribution in [0.1, 0.15) is 18.1 Å². The van der Waals surface area contributed by atoms with Crippen molar-refractivity contribution in [1.82, 2.24) is 5.32 Å². The molecule has 0 atom stereocenters. The van der Waals surface area contributed by atoms with Crippen LogP contribution in [0, 0.1) is 5.82 Å². The van der Waals surface area contributed by atoms with Gasteiger partial charge in [-0.2, -0.15) is 0 Å². The molecular formula is C16H18FNO. The molecule has 0 unspecified atom stereocenters. The van der Waals surface area contributed by atoms with Crippen LogP contribution in [-0.2, 0) is 13.2 Å². The lowest BCUT2D eigenvalue weighted by atomic mass is 10.2. The fraction of sp³-hybridized carbons (Fsp3) is 0.250. The SMILES string of the molecule is CCNCc1cc(F)cc(OCc2ccccc2)c1. The first-order valence-corrected chi connectivity index (χ1v) is 6.45. The average molecular weight is 259 g/mol. The van der Waals surface area contributed by atoms with E-state index in [9.17, 15) is 4.39 Å². The Balaban J connectivity index is 2.01. The molecule has 0 aliphatic heterocycles. The first kappa shape index (κ1) is 13.6. The van der Waals surface area contributed by atoms with Crippen LogP contribution >= 0.6 is 0 Å². The third kappa shape index (κ3) is 4.38. The van der Waals surface area contributed by atoms with Crippen molar-refractivity contribution in [2.75, 3.05) is 6.54 Å². The second-order valence-corrected chi connectivity index (χ2v) is 4.35. The second kappa shape index (κ2) is 6.90. The van der Waals surface area contributed by atoms with Crippen molar-refractivity contribution in [1.29, 1.82) is 0 Å². The molecule has 2 rings (SSSR count). The van der Waals surface area contributed by atoms with Crippen LogP contribution in [0.3, 0.4) is 0 Å². The summed E-state index contributed by atoms with van der Waals surface area (Å²) in [5.41, 5.74) is 1.96. The summed E-state index contributed by atoms with van der Waals surface area (Å²) in [6, 6.07) is 14.7. The van der Waals surface area contributed by atoms with Crippen molar-refractivity contribution in [2.45, 2.75) is 20.1 Å². The summed E-state index contributed by atoms with van der Waals surface area (Å²) in [7, 11) is 0. The molecule has 0 bridgehead atoms. The van der Waals surface area contributed by atoms with Gasteiger partial charge in [0.2, 0.25) is 0 Å². The monoisotopic (exact) mass is 259 g/mol. The lowest BCUT2D eigenvalue weighted by Crippen LogP contribution is -2.12. The van der Waals surface area contributed by atoms with E-state index < -0.39 is 0 Å². The minimum absolute atomic E-state index is 0.265. The molecule has 0 saturated heterocycles. The normalized spacial score (nSPS) is 10.4. The standard InChI is InChI=1S/C16H18FNO/c1-2-18-11-14-8-15(17)10-16(9-14)19-12-13-6-4-3-5-7-13/h3-10,18H,2,11-12H2,1H3. The zero-order valence-electron chi connectivity index (χ0n) is 11.0. The van der Waals surface area contributed by atoms with Gasteiger partial charge in [0.15, 0.2) is 0 Å². The molecule has 0 aliphatic rings. The zero-order valence-corrected chi connectivity index (χ0v) is 11.0. The summed E-state index contributed by atoms with van der Waals surface area (Å²) in [6.07, 6.45) is 0. The van der Waals surface area contributed by atoms with Gasteiger partial charge >= 0.3 is 0 Å². The highest BCUT2D eigenvalue weighted by atomic mass is 19.1. The third-order valence-corrected chi connectivity index (χ3v) is 2.76. The van der Waals surface area contributed by atoms with E-state index in [2.05, 4.69) is 5.32 Å². The van der Waals surface area contributed by atoms with E-state index in [1.54, 1.807) is 0 Å². The molecule has 0 aliphatic carbocycles. The van der Waals surface area contributed by atoms with E-state index >= 15 is 0 Å². The van der Waals surface area contributed by atoms with Gasteiger partial charge in [0.25, 0.3) is 0 Å². The van der Waals surface area contributed by atoms with Crippen LogP contribution in [0.15, 0.2) is 48.5 Å². The molecule has 0 radical (unpaired) electrons. The summed E-state index contributed by atoms with van der Waals surface area (Å²) in [5, 5.41) is 3.17. The Bertz CT molecular complexity index is 513. The fourth-order valence-corrected chi connectivity index (χ4v) is 1.82. The van der Waals surface area contributed by atoms with Crippen molar-refractivity contribution < 1.29 is 9.13 Å². The predicted molar refractivity (Wildman–Crippen MR) is 74.6 cm³/mol. The molecule has 2 aromatic rings. The maximum Gasteiger partial charge on any atom is 0.127 e. The van der Waals surface area contributed by atoms with Crippen molar-refractivity contribution >= 4 is 0 Å². The van der Waals surface area contributed by atoms with E-state index in [1.165, 1.54) is 12.1 Å². The number of nitrogens with one attached hydrogen (secondary N) is 1. The minimum Gasteiger partial charge on any atom is -0.489 e. The molecular weight excluding hydrogens is 241 g/mol. The third-order valence-electron chi connectivity index (χ3n) is 2.76. The van der Waals surface area contributed by atoms with Gasteiger partial charge in [-0.25, -0.2) is 4.39 Å². The molecule has 0 fully saturated rings. The van der Waals surface area contributed by atoms with E-state index in [-0.39, 0.29) is 5.82 Å². The Hall–Kier alpha value is -1.87. The molecule has 0 saturated carbocycles. The predicted octanol–water partition coefficient (Wildman–Crippen LogP) is 3.51. The van der Waals surface area contributed by atoms with Gasteiger partial charge in [-0.05, 0) is 29.8 Å². The molecule has 0 spiro atoms. The Morgan fingerprint density at radius 1 is 1.05 bits per heavy atom. The smallest absolute Gasteiger partial charge is 0.127 e. The number of benzene rings is 2. The highest BCUT2D eigenvalue weighted by Crippen LogP contribution is 2.18. The molecule has 1 N–H and O–H groups in total. The maximum absolute atomic E-state index is 13.5. The van der Waals surface area contributed by atoms with E-state index in [0.717, 1.165) is 17.7 Å². The number of rotatable bonds is 6. The molecule has 0 amide bonds. The van der Waals surface area contributed by atoms with Gasteiger partial charge in [-0.15, -0.1) is 0 Å². The molecule has 2 aromatic carbocycles. The van der Waals surface area contributed by atoms with E-state index in [1.807, 2.05) is 43.3 Å². The summed E-state index contributed by atoms with van der Waals surface area (Å²) in [5.74, 6) is 0.301. The summed E-state index contributed by atoms with van der Waals surface area (Å²) in [4.78, 5) is 0. The van der Waals surface area contributed by atoms with Crippen LogP contribution in [0.5, 0.6) is 5.75 Å². The molecule has 2 nitrogen and oxygen atoms in total. The largest absolute Gasteiger partial charge is 0.489 e. The van der Waals surface area contributed by atoms with Gasteiger partial charge in [0, 0.05) is 12.6 Å². The van der Waals surface area contributed by atoms with E-state index in [0.29, 0.717) is 18.9 Å². The molecule has 100 valence electrons. The molecule has 3 heteroatoms. The average Bonchev–Trinajstić information content (AvgIpc) is 2.43. The van der Waals surface area contributed by atoms with Gasteiger partial charge < -0.3 is 10.1 Å². The molecule has 0 heterocycles. The maximum atomic E-state index is 13.5. The van der Waals surface area contributed by atoms with Crippen molar-refractivity contribution in [3.8, 4) is 5.75 Å². The number of hydrogen-bond donors (Lipinski definition) is 1. The van der Waals surface area contributed by atoms with Crippen molar-refractivity contribution in [3.63, 3.8) is 0 Å². The number of hydrogen-bond acceptors (Lipinski definition) is 2.